The van der Waals surface area contributed by atoms with E-state index in [1.54, 1.807) is 0 Å². The minimum atomic E-state index is 0.656. The quantitative estimate of drug-likeness (QED) is 0.659. The maximum absolute atomic E-state index is 5.82. The van der Waals surface area contributed by atoms with E-state index in [2.05, 4.69) is 24.9 Å². The highest BCUT2D eigenvalue weighted by Gasteiger charge is 2.07. The smallest absolute Gasteiger partial charge is 0.224 e. The molecule has 3 heteroatoms. The van der Waals surface area contributed by atoms with Gasteiger partial charge < -0.3 is 9.47 Å². The topological polar surface area (TPSA) is 31.4 Å². The molecule has 0 aliphatic heterocycles. The van der Waals surface area contributed by atoms with Gasteiger partial charge in [0.15, 0.2) is 0 Å². The molecule has 2 rings (SSSR count). The summed E-state index contributed by atoms with van der Waals surface area (Å²) in [6.45, 7) is 5.71. The van der Waals surface area contributed by atoms with Crippen molar-refractivity contribution < 1.29 is 9.47 Å². The molecule has 0 saturated carbocycles. The van der Waals surface area contributed by atoms with Crippen LogP contribution in [0.5, 0.6) is 11.8 Å². The molecule has 2 aromatic rings. The summed E-state index contributed by atoms with van der Waals surface area (Å²) < 4.78 is 11.5. The number of nitrogens with zero attached hydrogens (tertiary/aromatic N) is 1. The van der Waals surface area contributed by atoms with E-state index >= 15 is 0 Å². The Morgan fingerprint density at radius 1 is 0.950 bits per heavy atom. The normalized spacial score (nSPS) is 10.7. The van der Waals surface area contributed by atoms with Crippen molar-refractivity contribution in [1.82, 2.24) is 4.98 Å². The Morgan fingerprint density at radius 3 is 2.40 bits per heavy atom. The molecule has 108 valence electrons. The Bertz CT molecular complexity index is 540. The third-order valence-electron chi connectivity index (χ3n) is 3.17. The van der Waals surface area contributed by atoms with E-state index in [1.807, 2.05) is 24.3 Å². The summed E-state index contributed by atoms with van der Waals surface area (Å²) in [5, 5.41) is 2.16. The number of fused-ring (bicyclic) bond motifs is 1. The number of aromatic nitrogens is 1. The summed E-state index contributed by atoms with van der Waals surface area (Å²) in [5.74, 6) is 1.34. The number of hydrogen-bond acceptors (Lipinski definition) is 3. The maximum Gasteiger partial charge on any atom is 0.224 e. The van der Waals surface area contributed by atoms with Crippen molar-refractivity contribution in [2.45, 2.75) is 39.5 Å². The van der Waals surface area contributed by atoms with Gasteiger partial charge in [-0.3, -0.25) is 0 Å². The number of rotatable bonds is 8. The summed E-state index contributed by atoms with van der Waals surface area (Å²) in [4.78, 5) is 4.50. The van der Waals surface area contributed by atoms with Gasteiger partial charge in [0.25, 0.3) is 0 Å². The third kappa shape index (κ3) is 3.86. The molecule has 0 spiro atoms. The molecule has 0 saturated heterocycles. The Hall–Kier alpha value is -1.77. The van der Waals surface area contributed by atoms with Crippen LogP contribution >= 0.6 is 0 Å². The number of unbranched alkanes of at least 4 members (excludes halogenated alkanes) is 2. The van der Waals surface area contributed by atoms with Gasteiger partial charge in [0.1, 0.15) is 0 Å². The highest BCUT2D eigenvalue weighted by atomic mass is 16.5. The van der Waals surface area contributed by atoms with E-state index in [0.29, 0.717) is 25.0 Å². The average Bonchev–Trinajstić information content (AvgIpc) is 2.48. The van der Waals surface area contributed by atoms with Gasteiger partial charge in [0.05, 0.1) is 13.2 Å². The molecular weight excluding hydrogens is 250 g/mol. The van der Waals surface area contributed by atoms with Gasteiger partial charge in [-0.15, -0.1) is 0 Å². The Morgan fingerprint density at radius 2 is 1.65 bits per heavy atom. The summed E-state index contributed by atoms with van der Waals surface area (Å²) in [6, 6.07) is 10.1. The molecule has 0 radical (unpaired) electrons. The number of ether oxygens (including phenoxy) is 2. The first-order valence-corrected chi connectivity index (χ1v) is 7.50. The molecule has 1 aromatic heterocycles. The van der Waals surface area contributed by atoms with E-state index in [0.717, 1.165) is 36.5 Å². The van der Waals surface area contributed by atoms with Crippen molar-refractivity contribution in [2.75, 3.05) is 13.2 Å². The molecule has 20 heavy (non-hydrogen) atoms. The molecule has 0 aliphatic carbocycles. The Labute approximate surface area is 120 Å². The Balaban J connectivity index is 2.21. The zero-order valence-electron chi connectivity index (χ0n) is 12.4. The average molecular weight is 273 g/mol. The maximum atomic E-state index is 5.82. The first-order chi connectivity index (χ1) is 9.85. The van der Waals surface area contributed by atoms with E-state index in [9.17, 15) is 0 Å². The van der Waals surface area contributed by atoms with Crippen LogP contribution in [0.3, 0.4) is 0 Å². The predicted molar refractivity (Wildman–Crippen MR) is 82.5 cm³/mol. The zero-order valence-corrected chi connectivity index (χ0v) is 12.4. The lowest BCUT2D eigenvalue weighted by molar-refractivity contribution is 0.276. The van der Waals surface area contributed by atoms with Crippen LogP contribution in [0.2, 0.25) is 0 Å². The highest BCUT2D eigenvalue weighted by molar-refractivity contribution is 5.87. The molecule has 0 fully saturated rings. The molecular formula is C17H23NO2. The molecule has 0 bridgehead atoms. The molecule has 1 heterocycles. The first-order valence-electron chi connectivity index (χ1n) is 7.50. The van der Waals surface area contributed by atoms with Crippen LogP contribution in [0.4, 0.5) is 0 Å². The first kappa shape index (κ1) is 14.6. The second-order valence-electron chi connectivity index (χ2n) is 4.89. The fraction of sp³-hybridized carbons (Fsp3) is 0.471. The van der Waals surface area contributed by atoms with Crippen LogP contribution in [-0.2, 0) is 0 Å². The minimum Gasteiger partial charge on any atom is -0.478 e. The van der Waals surface area contributed by atoms with E-state index in [-0.39, 0.29) is 0 Å². The second kappa shape index (κ2) is 7.73. The van der Waals surface area contributed by atoms with Crippen molar-refractivity contribution in [3.8, 4) is 11.8 Å². The van der Waals surface area contributed by atoms with Crippen molar-refractivity contribution in [2.24, 2.45) is 0 Å². The van der Waals surface area contributed by atoms with Crippen molar-refractivity contribution in [3.05, 3.63) is 30.3 Å². The van der Waals surface area contributed by atoms with Gasteiger partial charge in [-0.2, -0.15) is 4.98 Å². The number of pyridine rings is 1. The standard InChI is InChI=1S/C17H23NO2/c1-3-5-11-19-16-13-14-9-7-8-10-15(14)17(18-16)20-12-6-4-2/h7-10,13H,3-6,11-12H2,1-2H3. The van der Waals surface area contributed by atoms with E-state index < -0.39 is 0 Å². The van der Waals surface area contributed by atoms with Crippen LogP contribution in [0, 0.1) is 0 Å². The summed E-state index contributed by atoms with van der Waals surface area (Å²) in [6.07, 6.45) is 4.32. The third-order valence-corrected chi connectivity index (χ3v) is 3.17. The summed E-state index contributed by atoms with van der Waals surface area (Å²) >= 11 is 0. The summed E-state index contributed by atoms with van der Waals surface area (Å²) in [5.41, 5.74) is 0. The SMILES string of the molecule is CCCCOc1cc2ccccc2c(OCCCC)n1. The fourth-order valence-electron chi connectivity index (χ4n) is 1.96. The molecule has 3 nitrogen and oxygen atoms in total. The summed E-state index contributed by atoms with van der Waals surface area (Å²) in [7, 11) is 0. The molecule has 0 amide bonds. The number of hydrogen-bond donors (Lipinski definition) is 0. The lowest BCUT2D eigenvalue weighted by atomic mass is 10.2. The lowest BCUT2D eigenvalue weighted by Gasteiger charge is -2.11. The second-order valence-corrected chi connectivity index (χ2v) is 4.89. The Kier molecular flexibility index (Phi) is 5.66. The van der Waals surface area contributed by atoms with Gasteiger partial charge in [-0.05, 0) is 24.3 Å². The molecule has 1 aromatic carbocycles. The molecule has 0 atom stereocenters. The minimum absolute atomic E-state index is 0.656. The monoisotopic (exact) mass is 273 g/mol. The van der Waals surface area contributed by atoms with Gasteiger partial charge >= 0.3 is 0 Å². The van der Waals surface area contributed by atoms with Crippen LogP contribution in [-0.4, -0.2) is 18.2 Å². The van der Waals surface area contributed by atoms with Gasteiger partial charge in [0.2, 0.25) is 11.8 Å². The molecule has 0 N–H and O–H groups in total. The fourth-order valence-corrected chi connectivity index (χ4v) is 1.96. The van der Waals surface area contributed by atoms with Crippen LogP contribution in [0.1, 0.15) is 39.5 Å². The van der Waals surface area contributed by atoms with Crippen LogP contribution in [0.15, 0.2) is 30.3 Å². The van der Waals surface area contributed by atoms with Crippen LogP contribution < -0.4 is 9.47 Å². The number of benzene rings is 1. The van der Waals surface area contributed by atoms with Crippen LogP contribution in [0.25, 0.3) is 10.8 Å². The lowest BCUT2D eigenvalue weighted by Crippen LogP contribution is -2.03. The van der Waals surface area contributed by atoms with Gasteiger partial charge in [-0.1, -0.05) is 44.9 Å². The van der Waals surface area contributed by atoms with E-state index in [1.165, 1.54) is 0 Å². The largest absolute Gasteiger partial charge is 0.478 e. The van der Waals surface area contributed by atoms with Crippen molar-refractivity contribution in [1.29, 1.82) is 0 Å². The van der Waals surface area contributed by atoms with Gasteiger partial charge in [-0.25, -0.2) is 0 Å². The zero-order chi connectivity index (χ0) is 14.2. The van der Waals surface area contributed by atoms with Gasteiger partial charge in [0, 0.05) is 11.5 Å². The molecule has 0 unspecified atom stereocenters. The highest BCUT2D eigenvalue weighted by Crippen LogP contribution is 2.27. The predicted octanol–water partition coefficient (Wildman–Crippen LogP) is 4.59. The van der Waals surface area contributed by atoms with E-state index in [4.69, 9.17) is 9.47 Å². The molecule has 0 aliphatic rings. The van der Waals surface area contributed by atoms with Crippen molar-refractivity contribution in [3.63, 3.8) is 0 Å². The van der Waals surface area contributed by atoms with Crippen molar-refractivity contribution >= 4 is 10.8 Å².